The van der Waals surface area contributed by atoms with E-state index in [0.29, 0.717) is 37.3 Å². The van der Waals surface area contributed by atoms with E-state index < -0.39 is 5.97 Å². The third-order valence-electron chi connectivity index (χ3n) is 4.77. The maximum atomic E-state index is 12.6. The predicted molar refractivity (Wildman–Crippen MR) is 95.7 cm³/mol. The van der Waals surface area contributed by atoms with Crippen molar-refractivity contribution in [2.24, 2.45) is 5.92 Å². The van der Waals surface area contributed by atoms with Crippen LogP contribution >= 0.6 is 11.6 Å². The van der Waals surface area contributed by atoms with Gasteiger partial charge in [-0.3, -0.25) is 4.79 Å². The van der Waals surface area contributed by atoms with Crippen LogP contribution in [0.1, 0.15) is 37.3 Å². The summed E-state index contributed by atoms with van der Waals surface area (Å²) in [5.74, 6) is -1.04. The SMILES string of the molecule is COCC(c1ccc(Cl)cc1)N(C)C(=O)NC1CCC(C(=O)O)CC1. The van der Waals surface area contributed by atoms with Crippen molar-refractivity contribution in [1.29, 1.82) is 0 Å². The van der Waals surface area contributed by atoms with Gasteiger partial charge in [0.25, 0.3) is 0 Å². The Morgan fingerprint density at radius 2 is 1.88 bits per heavy atom. The summed E-state index contributed by atoms with van der Waals surface area (Å²) in [5.41, 5.74) is 0.943. The minimum atomic E-state index is -0.746. The van der Waals surface area contributed by atoms with Gasteiger partial charge in [0.15, 0.2) is 0 Å². The number of urea groups is 1. The molecule has 2 amide bonds. The van der Waals surface area contributed by atoms with Crippen molar-refractivity contribution < 1.29 is 19.4 Å². The smallest absolute Gasteiger partial charge is 0.317 e. The second kappa shape index (κ2) is 9.06. The van der Waals surface area contributed by atoms with Gasteiger partial charge in [-0.2, -0.15) is 0 Å². The van der Waals surface area contributed by atoms with E-state index in [4.69, 9.17) is 21.4 Å². The van der Waals surface area contributed by atoms with Gasteiger partial charge in [0.05, 0.1) is 18.6 Å². The van der Waals surface area contributed by atoms with Crippen LogP contribution < -0.4 is 5.32 Å². The standard InChI is InChI=1S/C18H25ClN2O4/c1-21(16(11-25-2)12-3-7-14(19)8-4-12)18(24)20-15-9-5-13(6-10-15)17(22)23/h3-4,7-8,13,15-16H,5-6,9-11H2,1-2H3,(H,20,24)(H,22,23). The zero-order valence-electron chi connectivity index (χ0n) is 14.6. The Morgan fingerprint density at radius 3 is 2.40 bits per heavy atom. The van der Waals surface area contributed by atoms with Gasteiger partial charge in [-0.1, -0.05) is 23.7 Å². The van der Waals surface area contributed by atoms with Crippen molar-refractivity contribution in [3.63, 3.8) is 0 Å². The number of likely N-dealkylation sites (N-methyl/N-ethyl adjacent to an activating group) is 1. The topological polar surface area (TPSA) is 78.9 Å². The van der Waals surface area contributed by atoms with Crippen LogP contribution in [0.3, 0.4) is 0 Å². The number of carboxylic acids is 1. The first-order valence-corrected chi connectivity index (χ1v) is 8.80. The summed E-state index contributed by atoms with van der Waals surface area (Å²) >= 11 is 5.93. The Hall–Kier alpha value is -1.79. The van der Waals surface area contributed by atoms with Gasteiger partial charge in [0.2, 0.25) is 0 Å². The molecule has 0 spiro atoms. The highest BCUT2D eigenvalue weighted by molar-refractivity contribution is 6.30. The Balaban J connectivity index is 1.96. The van der Waals surface area contributed by atoms with Gasteiger partial charge in [-0.15, -0.1) is 0 Å². The molecule has 1 saturated carbocycles. The fraction of sp³-hybridized carbons (Fsp3) is 0.556. The molecule has 1 fully saturated rings. The first-order valence-electron chi connectivity index (χ1n) is 8.43. The molecule has 1 aromatic carbocycles. The number of aliphatic carboxylic acids is 1. The lowest BCUT2D eigenvalue weighted by Gasteiger charge is -2.32. The first-order chi connectivity index (χ1) is 11.9. The molecule has 2 rings (SSSR count). The summed E-state index contributed by atoms with van der Waals surface area (Å²) in [7, 11) is 3.33. The van der Waals surface area contributed by atoms with E-state index in [1.54, 1.807) is 31.2 Å². The van der Waals surface area contributed by atoms with Crippen molar-refractivity contribution in [2.45, 2.75) is 37.8 Å². The number of hydrogen-bond acceptors (Lipinski definition) is 3. The molecular formula is C18H25ClN2O4. The van der Waals surface area contributed by atoms with Crippen LogP contribution in [0.2, 0.25) is 5.02 Å². The molecule has 138 valence electrons. The molecule has 1 aromatic rings. The Morgan fingerprint density at radius 1 is 1.28 bits per heavy atom. The molecule has 0 heterocycles. The molecule has 7 heteroatoms. The van der Waals surface area contributed by atoms with Crippen molar-refractivity contribution in [2.75, 3.05) is 20.8 Å². The lowest BCUT2D eigenvalue weighted by molar-refractivity contribution is -0.142. The summed E-state index contributed by atoms with van der Waals surface area (Å²) in [4.78, 5) is 25.2. The number of methoxy groups -OCH3 is 1. The summed E-state index contributed by atoms with van der Waals surface area (Å²) < 4.78 is 5.27. The molecule has 0 bridgehead atoms. The van der Waals surface area contributed by atoms with Gasteiger partial charge in [-0.25, -0.2) is 4.79 Å². The highest BCUT2D eigenvalue weighted by Gasteiger charge is 2.29. The van der Waals surface area contributed by atoms with Gasteiger partial charge in [0, 0.05) is 25.2 Å². The molecule has 0 radical (unpaired) electrons. The second-order valence-corrected chi connectivity index (χ2v) is 6.91. The predicted octanol–water partition coefficient (Wildman–Crippen LogP) is 3.31. The number of amides is 2. The third kappa shape index (κ3) is 5.34. The van der Waals surface area contributed by atoms with Crippen LogP contribution in [0.4, 0.5) is 4.79 Å². The van der Waals surface area contributed by atoms with Crippen LogP contribution in [0.15, 0.2) is 24.3 Å². The molecule has 1 unspecified atom stereocenters. The Kier molecular flexibility index (Phi) is 7.08. The summed E-state index contributed by atoms with van der Waals surface area (Å²) in [6.45, 7) is 0.372. The monoisotopic (exact) mass is 368 g/mol. The number of carbonyl (C=O) groups is 2. The van der Waals surface area contributed by atoms with Gasteiger partial charge in [0.1, 0.15) is 0 Å². The lowest BCUT2D eigenvalue weighted by Crippen LogP contribution is -2.46. The van der Waals surface area contributed by atoms with Gasteiger partial charge in [-0.05, 0) is 43.4 Å². The number of benzene rings is 1. The zero-order chi connectivity index (χ0) is 18.4. The van der Waals surface area contributed by atoms with Crippen LogP contribution in [0.25, 0.3) is 0 Å². The molecule has 1 aliphatic carbocycles. The summed E-state index contributed by atoms with van der Waals surface area (Å²) in [6.07, 6.45) is 2.57. The number of hydrogen-bond donors (Lipinski definition) is 2. The van der Waals surface area contributed by atoms with E-state index in [9.17, 15) is 9.59 Å². The van der Waals surface area contributed by atoms with E-state index in [-0.39, 0.29) is 24.0 Å². The highest BCUT2D eigenvalue weighted by atomic mass is 35.5. The van der Waals surface area contributed by atoms with Crippen molar-refractivity contribution in [1.82, 2.24) is 10.2 Å². The van der Waals surface area contributed by atoms with E-state index in [0.717, 1.165) is 5.56 Å². The maximum absolute atomic E-state index is 12.6. The van der Waals surface area contributed by atoms with E-state index in [1.807, 2.05) is 12.1 Å². The average molecular weight is 369 g/mol. The van der Waals surface area contributed by atoms with Crippen LogP contribution in [0.5, 0.6) is 0 Å². The molecule has 25 heavy (non-hydrogen) atoms. The molecule has 6 nitrogen and oxygen atoms in total. The van der Waals surface area contributed by atoms with Crippen molar-refractivity contribution >= 4 is 23.6 Å². The van der Waals surface area contributed by atoms with Crippen molar-refractivity contribution in [3.05, 3.63) is 34.9 Å². The molecule has 0 aliphatic heterocycles. The molecule has 1 atom stereocenters. The number of nitrogens with zero attached hydrogens (tertiary/aromatic N) is 1. The van der Waals surface area contributed by atoms with Crippen molar-refractivity contribution in [3.8, 4) is 0 Å². The number of carbonyl (C=O) groups excluding carboxylic acids is 1. The van der Waals surface area contributed by atoms with E-state index >= 15 is 0 Å². The van der Waals surface area contributed by atoms with Gasteiger partial charge >= 0.3 is 12.0 Å². The molecule has 1 aliphatic rings. The number of rotatable bonds is 6. The van der Waals surface area contributed by atoms with Crippen LogP contribution in [-0.2, 0) is 9.53 Å². The Labute approximate surface area is 153 Å². The quantitative estimate of drug-likeness (QED) is 0.807. The minimum absolute atomic E-state index is 0.0129. The number of ether oxygens (including phenoxy) is 1. The number of halogens is 1. The fourth-order valence-corrected chi connectivity index (χ4v) is 3.30. The summed E-state index contributed by atoms with van der Waals surface area (Å²) in [6, 6.07) is 6.95. The average Bonchev–Trinajstić information content (AvgIpc) is 2.60. The first kappa shape index (κ1) is 19.5. The third-order valence-corrected chi connectivity index (χ3v) is 5.02. The maximum Gasteiger partial charge on any atom is 0.317 e. The Bertz CT molecular complexity index is 585. The van der Waals surface area contributed by atoms with Crippen LogP contribution in [0, 0.1) is 5.92 Å². The molecular weight excluding hydrogens is 344 g/mol. The molecule has 0 saturated heterocycles. The highest BCUT2D eigenvalue weighted by Crippen LogP contribution is 2.26. The van der Waals surface area contributed by atoms with E-state index in [2.05, 4.69) is 5.32 Å². The molecule has 0 aromatic heterocycles. The normalized spacial score (nSPS) is 21.4. The van der Waals surface area contributed by atoms with Crippen LogP contribution in [-0.4, -0.2) is 48.8 Å². The largest absolute Gasteiger partial charge is 0.481 e. The minimum Gasteiger partial charge on any atom is -0.481 e. The van der Waals surface area contributed by atoms with E-state index in [1.165, 1.54) is 0 Å². The summed E-state index contributed by atoms with van der Waals surface area (Å²) in [5, 5.41) is 12.7. The molecule has 2 N–H and O–H groups in total. The second-order valence-electron chi connectivity index (χ2n) is 6.47. The number of carboxylic acid groups (broad SMARTS) is 1. The fourth-order valence-electron chi connectivity index (χ4n) is 3.18. The lowest BCUT2D eigenvalue weighted by atomic mass is 9.86. The number of nitrogens with one attached hydrogen (secondary N) is 1. The van der Waals surface area contributed by atoms with Gasteiger partial charge < -0.3 is 20.1 Å². The zero-order valence-corrected chi connectivity index (χ0v) is 15.3.